The topological polar surface area (TPSA) is 8.17 Å². The Morgan fingerprint density at radius 2 is 0.645 bits per heavy atom. The molecule has 0 spiro atoms. The van der Waals surface area contributed by atoms with Crippen molar-refractivity contribution < 1.29 is 0 Å². The number of benzene rings is 13. The van der Waals surface area contributed by atoms with Gasteiger partial charge in [-0.05, 0) is 149 Å². The van der Waals surface area contributed by atoms with E-state index in [4.69, 9.17) is 0 Å². The van der Waals surface area contributed by atoms with Crippen LogP contribution in [0.2, 0.25) is 0 Å². The van der Waals surface area contributed by atoms with Crippen LogP contribution in [-0.4, -0.2) is 4.57 Å². The number of aromatic nitrogens is 1. The van der Waals surface area contributed by atoms with Gasteiger partial charge in [-0.1, -0.05) is 243 Å². The highest BCUT2D eigenvalue weighted by Crippen LogP contribution is 2.44. The monoisotopic (exact) mass is 966 g/mol. The molecule has 356 valence electrons. The first kappa shape index (κ1) is 44.7. The molecule has 2 heteroatoms. The molecule has 0 saturated heterocycles. The van der Waals surface area contributed by atoms with E-state index in [1.165, 1.54) is 105 Å². The fourth-order valence-electron chi connectivity index (χ4n) is 11.5. The Morgan fingerprint density at radius 1 is 0.224 bits per heavy atom. The van der Waals surface area contributed by atoms with Crippen molar-refractivity contribution in [2.45, 2.75) is 0 Å². The molecule has 0 bridgehead atoms. The Hall–Kier alpha value is -10.0. The molecule has 1 heterocycles. The fraction of sp³-hybridized carbons (Fsp3) is 0. The van der Waals surface area contributed by atoms with Gasteiger partial charge in [0.2, 0.25) is 0 Å². The zero-order chi connectivity index (χ0) is 50.4. The summed E-state index contributed by atoms with van der Waals surface area (Å²) < 4.78 is 2.42. The average Bonchev–Trinajstić information content (AvgIpc) is 3.87. The largest absolute Gasteiger partial charge is 0.310 e. The molecule has 1 aromatic heterocycles. The molecular weight excluding hydrogens is 917 g/mol. The lowest BCUT2D eigenvalue weighted by Crippen LogP contribution is -2.10. The van der Waals surface area contributed by atoms with E-state index in [9.17, 15) is 0 Å². The van der Waals surface area contributed by atoms with Gasteiger partial charge in [0.15, 0.2) is 0 Å². The van der Waals surface area contributed by atoms with Crippen LogP contribution in [0.5, 0.6) is 0 Å². The van der Waals surface area contributed by atoms with Crippen LogP contribution in [0.1, 0.15) is 0 Å². The summed E-state index contributed by atoms with van der Waals surface area (Å²) in [6.07, 6.45) is 0. The highest BCUT2D eigenvalue weighted by Gasteiger charge is 2.20. The standard InChI is InChI=1S/C74H50N2/c1-3-15-51(16-4-1)60-43-48-71-73(50-60)76(62-22-5-2-6-23-62)72-30-14-29-70(74(71)72)61-21-11-24-65(49-61)75(63-44-39-54(40-45-63)52-31-35-58(36-32-52)68-27-12-19-56-17-7-9-25-66(56)68)64-46-41-55(42-47-64)53-33-37-59(38-34-53)69-28-13-20-57-18-8-10-26-67(57)69/h1-50H. The van der Waals surface area contributed by atoms with Crippen LogP contribution in [0.4, 0.5) is 17.1 Å². The van der Waals surface area contributed by atoms with Crippen LogP contribution in [0.25, 0.3) is 116 Å². The van der Waals surface area contributed by atoms with Crippen molar-refractivity contribution in [1.29, 1.82) is 0 Å². The van der Waals surface area contributed by atoms with Gasteiger partial charge in [0.05, 0.1) is 11.0 Å². The molecule has 14 rings (SSSR count). The van der Waals surface area contributed by atoms with E-state index in [0.717, 1.165) is 28.3 Å². The molecule has 0 fully saturated rings. The normalized spacial score (nSPS) is 11.4. The first-order valence-corrected chi connectivity index (χ1v) is 26.1. The number of anilines is 3. The van der Waals surface area contributed by atoms with Crippen molar-refractivity contribution in [2.24, 2.45) is 0 Å². The van der Waals surface area contributed by atoms with Crippen molar-refractivity contribution in [2.75, 3.05) is 4.90 Å². The van der Waals surface area contributed by atoms with E-state index in [2.05, 4.69) is 313 Å². The van der Waals surface area contributed by atoms with E-state index >= 15 is 0 Å². The van der Waals surface area contributed by atoms with Gasteiger partial charge in [-0.25, -0.2) is 0 Å². The highest BCUT2D eigenvalue weighted by atomic mass is 15.1. The third-order valence-corrected chi connectivity index (χ3v) is 15.2. The average molecular weight is 967 g/mol. The van der Waals surface area contributed by atoms with E-state index in [1.54, 1.807) is 0 Å². The highest BCUT2D eigenvalue weighted by molar-refractivity contribution is 6.16. The molecule has 14 aromatic rings. The van der Waals surface area contributed by atoms with Crippen LogP contribution in [0, 0.1) is 0 Å². The van der Waals surface area contributed by atoms with Gasteiger partial charge < -0.3 is 9.47 Å². The van der Waals surface area contributed by atoms with Crippen molar-refractivity contribution in [3.05, 3.63) is 303 Å². The van der Waals surface area contributed by atoms with E-state index in [-0.39, 0.29) is 0 Å². The number of nitrogens with zero attached hydrogens (tertiary/aromatic N) is 2. The second-order valence-electron chi connectivity index (χ2n) is 19.7. The molecule has 0 amide bonds. The Kier molecular flexibility index (Phi) is 11.2. The van der Waals surface area contributed by atoms with Gasteiger partial charge in [-0.3, -0.25) is 0 Å². The second-order valence-corrected chi connectivity index (χ2v) is 19.7. The van der Waals surface area contributed by atoms with Crippen LogP contribution < -0.4 is 4.90 Å². The maximum absolute atomic E-state index is 2.42. The van der Waals surface area contributed by atoms with Gasteiger partial charge in [0, 0.05) is 33.5 Å². The summed E-state index contributed by atoms with van der Waals surface area (Å²) >= 11 is 0. The lowest BCUT2D eigenvalue weighted by molar-refractivity contribution is 1.18. The molecule has 2 nitrogen and oxygen atoms in total. The number of hydrogen-bond acceptors (Lipinski definition) is 1. The zero-order valence-electron chi connectivity index (χ0n) is 41.8. The van der Waals surface area contributed by atoms with Crippen molar-refractivity contribution >= 4 is 60.4 Å². The number of rotatable bonds is 10. The summed E-state index contributed by atoms with van der Waals surface area (Å²) in [5.74, 6) is 0. The minimum absolute atomic E-state index is 1.08. The maximum Gasteiger partial charge on any atom is 0.0547 e. The summed E-state index contributed by atoms with van der Waals surface area (Å²) in [6.45, 7) is 0. The zero-order valence-corrected chi connectivity index (χ0v) is 41.8. The predicted molar refractivity (Wildman–Crippen MR) is 323 cm³/mol. The van der Waals surface area contributed by atoms with E-state index < -0.39 is 0 Å². The Labute approximate surface area is 443 Å². The summed E-state index contributed by atoms with van der Waals surface area (Å²) in [5.41, 5.74) is 21.1. The smallest absolute Gasteiger partial charge is 0.0547 e. The van der Waals surface area contributed by atoms with Crippen molar-refractivity contribution in [3.63, 3.8) is 0 Å². The second kappa shape index (κ2) is 19.1. The van der Waals surface area contributed by atoms with Gasteiger partial charge in [0.1, 0.15) is 0 Å². The summed E-state index contributed by atoms with van der Waals surface area (Å²) in [4.78, 5) is 2.39. The molecule has 0 aliphatic heterocycles. The van der Waals surface area contributed by atoms with Gasteiger partial charge in [-0.15, -0.1) is 0 Å². The molecule has 76 heavy (non-hydrogen) atoms. The summed E-state index contributed by atoms with van der Waals surface area (Å²) in [6, 6.07) is 111. The molecule has 13 aromatic carbocycles. The lowest BCUT2D eigenvalue weighted by atomic mass is 9.96. The van der Waals surface area contributed by atoms with E-state index in [0.29, 0.717) is 0 Å². The Morgan fingerprint density at radius 3 is 1.22 bits per heavy atom. The summed E-state index contributed by atoms with van der Waals surface area (Å²) in [5, 5.41) is 7.49. The molecule has 0 radical (unpaired) electrons. The van der Waals surface area contributed by atoms with Gasteiger partial charge >= 0.3 is 0 Å². The predicted octanol–water partition coefficient (Wildman–Crippen LogP) is 20.6. The molecule has 0 N–H and O–H groups in total. The number of para-hydroxylation sites is 1. The van der Waals surface area contributed by atoms with Crippen molar-refractivity contribution in [3.8, 4) is 72.4 Å². The Balaban J connectivity index is 0.856. The maximum atomic E-state index is 2.42. The first-order valence-electron chi connectivity index (χ1n) is 26.1. The third kappa shape index (κ3) is 8.10. The quantitative estimate of drug-likeness (QED) is 0.133. The van der Waals surface area contributed by atoms with Crippen LogP contribution in [0.3, 0.4) is 0 Å². The fourth-order valence-corrected chi connectivity index (χ4v) is 11.5. The molecule has 0 atom stereocenters. The molecule has 0 saturated carbocycles. The van der Waals surface area contributed by atoms with Crippen molar-refractivity contribution in [1.82, 2.24) is 4.57 Å². The summed E-state index contributed by atoms with van der Waals surface area (Å²) in [7, 11) is 0. The van der Waals surface area contributed by atoms with Crippen LogP contribution in [-0.2, 0) is 0 Å². The minimum atomic E-state index is 1.08. The van der Waals surface area contributed by atoms with Crippen LogP contribution in [0.15, 0.2) is 303 Å². The number of hydrogen-bond donors (Lipinski definition) is 0. The molecule has 0 aliphatic carbocycles. The molecule has 0 aliphatic rings. The number of fused-ring (bicyclic) bond motifs is 5. The van der Waals surface area contributed by atoms with Crippen LogP contribution >= 0.6 is 0 Å². The minimum Gasteiger partial charge on any atom is -0.310 e. The lowest BCUT2D eigenvalue weighted by Gasteiger charge is -2.26. The van der Waals surface area contributed by atoms with Gasteiger partial charge in [0.25, 0.3) is 0 Å². The third-order valence-electron chi connectivity index (χ3n) is 15.2. The molecule has 0 unspecified atom stereocenters. The Bertz CT molecular complexity index is 4220. The SMILES string of the molecule is c1ccc(-c2ccc3c4c(-c5cccc(N(c6ccc(-c7ccc(-c8cccc9ccccc89)cc7)cc6)c6ccc(-c7ccc(-c8cccc9ccccc89)cc7)cc6)c5)cccc4n(-c4ccccc4)c3c2)cc1. The molecular formula is C74H50N2. The van der Waals surface area contributed by atoms with E-state index in [1.807, 2.05) is 0 Å². The first-order chi connectivity index (χ1) is 37.7. The van der Waals surface area contributed by atoms with Gasteiger partial charge in [-0.2, -0.15) is 0 Å².